The maximum Gasteiger partial charge on any atom is 0.104 e. The number of halogens is 1. The minimum atomic E-state index is 0.00757. The number of thiocarbonyl (C=S) groups is 1. The van der Waals surface area contributed by atoms with Gasteiger partial charge in [0.1, 0.15) is 4.99 Å². The van der Waals surface area contributed by atoms with Crippen LogP contribution in [0.4, 0.5) is 5.69 Å². The molecule has 0 heterocycles. The molecule has 0 spiro atoms. The first-order valence-electron chi connectivity index (χ1n) is 4.90. The second kappa shape index (κ2) is 5.48. The molecule has 5 heteroatoms. The zero-order valence-corrected chi connectivity index (χ0v) is 10.8. The first-order chi connectivity index (χ1) is 7.47. The van der Waals surface area contributed by atoms with Gasteiger partial charge in [-0.15, -0.1) is 0 Å². The van der Waals surface area contributed by atoms with E-state index in [1.165, 1.54) is 0 Å². The fraction of sp³-hybridized carbons (Fsp3) is 0.364. The summed E-state index contributed by atoms with van der Waals surface area (Å²) in [4.78, 5) is 2.23. The van der Waals surface area contributed by atoms with Crippen LogP contribution >= 0.6 is 23.8 Å². The van der Waals surface area contributed by atoms with E-state index in [1.54, 1.807) is 6.07 Å². The van der Waals surface area contributed by atoms with E-state index in [2.05, 4.69) is 0 Å². The van der Waals surface area contributed by atoms with Crippen LogP contribution in [0.5, 0.6) is 0 Å². The van der Waals surface area contributed by atoms with Crippen LogP contribution in [0.2, 0.25) is 5.02 Å². The Bertz CT molecular complexity index is 398. The highest BCUT2D eigenvalue weighted by Gasteiger charge is 2.12. The van der Waals surface area contributed by atoms with Crippen molar-refractivity contribution >= 4 is 34.5 Å². The Hall–Kier alpha value is -0.840. The molecule has 0 aromatic heterocycles. The fourth-order valence-electron chi connectivity index (χ4n) is 1.31. The summed E-state index contributed by atoms with van der Waals surface area (Å²) >= 11 is 11.0. The van der Waals surface area contributed by atoms with Gasteiger partial charge in [-0.05, 0) is 25.1 Å². The smallest absolute Gasteiger partial charge is 0.104 e. The van der Waals surface area contributed by atoms with E-state index >= 15 is 0 Å². The number of nitrogens with zero attached hydrogens (tertiary/aromatic N) is 1. The van der Waals surface area contributed by atoms with Crippen molar-refractivity contribution in [2.45, 2.75) is 13.0 Å². The topological polar surface area (TPSA) is 49.5 Å². The summed E-state index contributed by atoms with van der Waals surface area (Å²) in [6.45, 7) is 1.99. The Morgan fingerprint density at radius 2 is 2.25 bits per heavy atom. The molecular formula is C11H15ClN2OS. The van der Waals surface area contributed by atoms with Crippen molar-refractivity contribution in [2.24, 2.45) is 5.73 Å². The second-order valence-corrected chi connectivity index (χ2v) is 4.52. The number of nitrogens with two attached hydrogens (primary N) is 1. The molecule has 88 valence electrons. The normalized spacial score (nSPS) is 12.2. The SMILES string of the molecule is CC(CO)N(C)c1ccc(C(N)=S)cc1Cl. The highest BCUT2D eigenvalue weighted by atomic mass is 35.5. The third kappa shape index (κ3) is 2.84. The Morgan fingerprint density at radius 1 is 1.62 bits per heavy atom. The van der Waals surface area contributed by atoms with Crippen LogP contribution in [-0.2, 0) is 0 Å². The third-order valence-electron chi connectivity index (χ3n) is 2.54. The summed E-state index contributed by atoms with van der Waals surface area (Å²) in [6.07, 6.45) is 0. The van der Waals surface area contributed by atoms with E-state index in [0.717, 1.165) is 11.3 Å². The maximum absolute atomic E-state index is 9.07. The molecule has 1 atom stereocenters. The summed E-state index contributed by atoms with van der Waals surface area (Å²) in [5.74, 6) is 0. The molecule has 0 amide bonds. The lowest BCUT2D eigenvalue weighted by Gasteiger charge is -2.26. The van der Waals surface area contributed by atoms with E-state index in [4.69, 9.17) is 34.7 Å². The average Bonchev–Trinajstić information content (AvgIpc) is 2.26. The molecule has 1 aromatic carbocycles. The molecule has 0 bridgehead atoms. The molecule has 1 unspecified atom stereocenters. The van der Waals surface area contributed by atoms with Crippen LogP contribution in [-0.4, -0.2) is 29.8 Å². The van der Waals surface area contributed by atoms with E-state index in [1.807, 2.05) is 31.0 Å². The summed E-state index contributed by atoms with van der Waals surface area (Å²) in [5.41, 5.74) is 7.11. The standard InChI is InChI=1S/C11H15ClN2OS/c1-7(6-15)14(2)10-4-3-8(11(13)16)5-9(10)12/h3-5,7,15H,6H2,1-2H3,(H2,13,16). The van der Waals surface area contributed by atoms with E-state index < -0.39 is 0 Å². The average molecular weight is 259 g/mol. The lowest BCUT2D eigenvalue weighted by atomic mass is 10.1. The monoisotopic (exact) mass is 258 g/mol. The summed E-state index contributed by atoms with van der Waals surface area (Å²) in [7, 11) is 1.88. The zero-order chi connectivity index (χ0) is 12.3. The van der Waals surface area contributed by atoms with Crippen molar-refractivity contribution in [2.75, 3.05) is 18.6 Å². The molecule has 1 aromatic rings. The Morgan fingerprint density at radius 3 is 2.69 bits per heavy atom. The number of rotatable bonds is 4. The third-order valence-corrected chi connectivity index (χ3v) is 3.08. The van der Waals surface area contributed by atoms with Crippen LogP contribution in [0.15, 0.2) is 18.2 Å². The maximum atomic E-state index is 9.07. The molecule has 3 N–H and O–H groups in total. The predicted octanol–water partition coefficient (Wildman–Crippen LogP) is 1.79. The predicted molar refractivity (Wildman–Crippen MR) is 72.3 cm³/mol. The van der Waals surface area contributed by atoms with Gasteiger partial charge in [-0.25, -0.2) is 0 Å². The summed E-state index contributed by atoms with van der Waals surface area (Å²) < 4.78 is 0. The van der Waals surface area contributed by atoms with Crippen molar-refractivity contribution in [3.05, 3.63) is 28.8 Å². The van der Waals surface area contributed by atoms with Crippen LogP contribution in [0.3, 0.4) is 0 Å². The lowest BCUT2D eigenvalue weighted by molar-refractivity contribution is 0.270. The number of aliphatic hydroxyl groups is 1. The number of aliphatic hydroxyl groups excluding tert-OH is 1. The summed E-state index contributed by atoms with van der Waals surface area (Å²) in [5, 5.41) is 9.65. The minimum Gasteiger partial charge on any atom is -0.394 e. The van der Waals surface area contributed by atoms with E-state index in [0.29, 0.717) is 10.0 Å². The van der Waals surface area contributed by atoms with Crippen molar-refractivity contribution < 1.29 is 5.11 Å². The van der Waals surface area contributed by atoms with Gasteiger partial charge in [0, 0.05) is 18.7 Å². The van der Waals surface area contributed by atoms with Crippen molar-refractivity contribution in [3.63, 3.8) is 0 Å². The summed E-state index contributed by atoms with van der Waals surface area (Å²) in [6, 6.07) is 5.42. The Kier molecular flexibility index (Phi) is 4.53. The number of likely N-dealkylation sites (N-methyl/N-ethyl adjacent to an activating group) is 1. The Balaban J connectivity index is 3.03. The zero-order valence-electron chi connectivity index (χ0n) is 9.27. The molecule has 0 aliphatic rings. The fourth-order valence-corrected chi connectivity index (χ4v) is 1.75. The molecule has 1 rings (SSSR count). The van der Waals surface area contributed by atoms with Gasteiger partial charge in [0.25, 0.3) is 0 Å². The molecule has 0 saturated heterocycles. The minimum absolute atomic E-state index is 0.00757. The van der Waals surface area contributed by atoms with Crippen molar-refractivity contribution in [3.8, 4) is 0 Å². The molecule has 16 heavy (non-hydrogen) atoms. The van der Waals surface area contributed by atoms with E-state index in [9.17, 15) is 0 Å². The van der Waals surface area contributed by atoms with Crippen molar-refractivity contribution in [1.29, 1.82) is 0 Å². The second-order valence-electron chi connectivity index (χ2n) is 3.67. The van der Waals surface area contributed by atoms with Crippen LogP contribution < -0.4 is 10.6 Å². The largest absolute Gasteiger partial charge is 0.394 e. The van der Waals surface area contributed by atoms with Gasteiger partial charge in [0.15, 0.2) is 0 Å². The van der Waals surface area contributed by atoms with Gasteiger partial charge in [0.05, 0.1) is 17.3 Å². The van der Waals surface area contributed by atoms with Crippen molar-refractivity contribution in [1.82, 2.24) is 0 Å². The molecular weight excluding hydrogens is 244 g/mol. The van der Waals surface area contributed by atoms with Gasteiger partial charge in [0.2, 0.25) is 0 Å². The van der Waals surface area contributed by atoms with E-state index in [-0.39, 0.29) is 12.6 Å². The van der Waals surface area contributed by atoms with Gasteiger partial charge in [-0.3, -0.25) is 0 Å². The Labute approximate surface area is 106 Å². The number of hydrogen-bond donors (Lipinski definition) is 2. The molecule has 0 saturated carbocycles. The quantitative estimate of drug-likeness (QED) is 0.809. The highest BCUT2D eigenvalue weighted by Crippen LogP contribution is 2.27. The highest BCUT2D eigenvalue weighted by molar-refractivity contribution is 7.80. The number of benzene rings is 1. The van der Waals surface area contributed by atoms with Gasteiger partial charge >= 0.3 is 0 Å². The number of hydrogen-bond acceptors (Lipinski definition) is 3. The van der Waals surface area contributed by atoms with Gasteiger partial charge < -0.3 is 15.7 Å². The molecule has 3 nitrogen and oxygen atoms in total. The lowest BCUT2D eigenvalue weighted by Crippen LogP contribution is -2.32. The first-order valence-corrected chi connectivity index (χ1v) is 5.69. The molecule has 0 radical (unpaired) electrons. The first kappa shape index (κ1) is 13.2. The van der Waals surface area contributed by atoms with Crippen LogP contribution in [0.25, 0.3) is 0 Å². The number of anilines is 1. The van der Waals surface area contributed by atoms with Gasteiger partial charge in [-0.2, -0.15) is 0 Å². The van der Waals surface area contributed by atoms with Gasteiger partial charge in [-0.1, -0.05) is 23.8 Å². The molecule has 0 aliphatic carbocycles. The molecule has 0 aliphatic heterocycles. The van der Waals surface area contributed by atoms with Crippen LogP contribution in [0, 0.1) is 0 Å². The van der Waals surface area contributed by atoms with Crippen LogP contribution in [0.1, 0.15) is 12.5 Å². The molecule has 0 fully saturated rings.